The van der Waals surface area contributed by atoms with Crippen LogP contribution in [0.25, 0.3) is 0 Å². The highest BCUT2D eigenvalue weighted by Crippen LogP contribution is 2.33. The highest BCUT2D eigenvalue weighted by molar-refractivity contribution is 5.82. The second-order valence-corrected chi connectivity index (χ2v) is 8.02. The first-order chi connectivity index (χ1) is 14.6. The van der Waals surface area contributed by atoms with E-state index in [1.165, 1.54) is 6.07 Å². The van der Waals surface area contributed by atoms with Gasteiger partial charge in [0, 0.05) is 12.3 Å². The van der Waals surface area contributed by atoms with Crippen molar-refractivity contribution in [1.82, 2.24) is 4.90 Å². The molecule has 0 spiro atoms. The first-order valence-electron chi connectivity index (χ1n) is 10.4. The Hall–Kier alpha value is -2.73. The van der Waals surface area contributed by atoms with Gasteiger partial charge in [-0.15, -0.1) is 0 Å². The number of hydrogen-bond acceptors (Lipinski definition) is 4. The predicted molar refractivity (Wildman–Crippen MR) is 109 cm³/mol. The summed E-state index contributed by atoms with van der Waals surface area (Å²) in [6.45, 7) is 1.05. The van der Waals surface area contributed by atoms with E-state index in [4.69, 9.17) is 9.47 Å². The summed E-state index contributed by atoms with van der Waals surface area (Å²) in [5, 5.41) is 0. The number of aryl methyl sites for hydroxylation is 1. The molecule has 2 aliphatic rings. The molecule has 2 saturated heterocycles. The molecule has 2 atom stereocenters. The number of carbonyl (C=O) groups excluding carboxylic acids is 2. The van der Waals surface area contributed by atoms with Gasteiger partial charge >= 0.3 is 6.09 Å². The van der Waals surface area contributed by atoms with Crippen LogP contribution in [0, 0.1) is 11.7 Å². The Balaban J connectivity index is 1.34. The van der Waals surface area contributed by atoms with Crippen molar-refractivity contribution in [3.63, 3.8) is 0 Å². The Morgan fingerprint density at radius 3 is 2.37 bits per heavy atom. The molecule has 2 aromatic carbocycles. The molecule has 0 radical (unpaired) electrons. The van der Waals surface area contributed by atoms with Gasteiger partial charge in [0.1, 0.15) is 18.2 Å². The van der Waals surface area contributed by atoms with Gasteiger partial charge in [0.15, 0.2) is 0 Å². The van der Waals surface area contributed by atoms with Gasteiger partial charge < -0.3 is 9.47 Å². The number of halogens is 1. The number of fused-ring (bicyclic) bond motifs is 2. The summed E-state index contributed by atoms with van der Waals surface area (Å²) in [7, 11) is 0. The fourth-order valence-corrected chi connectivity index (χ4v) is 4.43. The number of amides is 1. The molecule has 2 aromatic rings. The third-order valence-corrected chi connectivity index (χ3v) is 5.99. The zero-order chi connectivity index (χ0) is 20.9. The minimum Gasteiger partial charge on any atom is -0.445 e. The van der Waals surface area contributed by atoms with E-state index in [-0.39, 0.29) is 42.3 Å². The van der Waals surface area contributed by atoms with Crippen molar-refractivity contribution < 1.29 is 23.5 Å². The van der Waals surface area contributed by atoms with Gasteiger partial charge in [0.2, 0.25) is 0 Å². The van der Waals surface area contributed by atoms with Crippen molar-refractivity contribution in [1.29, 1.82) is 0 Å². The summed E-state index contributed by atoms with van der Waals surface area (Å²) in [5.41, 5.74) is 1.50. The number of carbonyl (C=O) groups is 2. The molecular weight excluding hydrogens is 385 g/mol. The van der Waals surface area contributed by atoms with Crippen molar-refractivity contribution in [2.24, 2.45) is 5.92 Å². The number of benzene rings is 2. The highest BCUT2D eigenvalue weighted by Gasteiger charge is 2.44. The van der Waals surface area contributed by atoms with E-state index in [9.17, 15) is 14.0 Å². The van der Waals surface area contributed by atoms with E-state index < -0.39 is 0 Å². The lowest BCUT2D eigenvalue weighted by Crippen LogP contribution is -2.59. The number of ether oxygens (including phenoxy) is 2. The standard InChI is InChI=1S/C24H26FNO4/c25-22-9-5-4-8-18(22)10-11-23(27)19-12-20-15-29-16-21(13-19)26(20)24(28)30-14-17-6-2-1-3-7-17/h1-9,19-21H,10-16H2. The predicted octanol–water partition coefficient (Wildman–Crippen LogP) is 4.14. The molecule has 2 fully saturated rings. The van der Waals surface area contributed by atoms with Crippen molar-refractivity contribution in [2.45, 2.75) is 44.4 Å². The van der Waals surface area contributed by atoms with E-state index >= 15 is 0 Å². The topological polar surface area (TPSA) is 55.8 Å². The van der Waals surface area contributed by atoms with Gasteiger partial charge in [-0.2, -0.15) is 0 Å². The van der Waals surface area contributed by atoms with Crippen LogP contribution in [-0.2, 0) is 27.3 Å². The second kappa shape index (κ2) is 9.39. The largest absolute Gasteiger partial charge is 0.445 e. The zero-order valence-corrected chi connectivity index (χ0v) is 16.8. The molecule has 2 heterocycles. The maximum Gasteiger partial charge on any atom is 0.410 e. The third kappa shape index (κ3) is 4.70. The molecule has 2 aliphatic heterocycles. The van der Waals surface area contributed by atoms with Gasteiger partial charge in [-0.3, -0.25) is 9.69 Å². The Morgan fingerprint density at radius 1 is 1.00 bits per heavy atom. The molecule has 5 nitrogen and oxygen atoms in total. The molecule has 2 bridgehead atoms. The number of morpholine rings is 1. The summed E-state index contributed by atoms with van der Waals surface area (Å²) < 4.78 is 25.0. The van der Waals surface area contributed by atoms with E-state index in [1.54, 1.807) is 23.1 Å². The van der Waals surface area contributed by atoms with Crippen molar-refractivity contribution in [2.75, 3.05) is 13.2 Å². The Morgan fingerprint density at radius 2 is 1.67 bits per heavy atom. The minimum absolute atomic E-state index is 0.131. The van der Waals surface area contributed by atoms with Crippen LogP contribution in [0.2, 0.25) is 0 Å². The molecule has 0 aromatic heterocycles. The van der Waals surface area contributed by atoms with E-state index in [0.717, 1.165) is 5.56 Å². The van der Waals surface area contributed by atoms with Crippen molar-refractivity contribution >= 4 is 11.9 Å². The number of piperidine rings is 1. The van der Waals surface area contributed by atoms with Crippen molar-refractivity contribution in [3.8, 4) is 0 Å². The average Bonchev–Trinajstić information content (AvgIpc) is 2.76. The number of nitrogens with zero attached hydrogens (tertiary/aromatic N) is 1. The Labute approximate surface area is 175 Å². The molecular formula is C24H26FNO4. The van der Waals surface area contributed by atoms with Crippen LogP contribution >= 0.6 is 0 Å². The monoisotopic (exact) mass is 411 g/mol. The quantitative estimate of drug-likeness (QED) is 0.717. The SMILES string of the molecule is O=C(CCc1ccccc1F)C1CC2COCC(C1)N2C(=O)OCc1ccccc1. The van der Waals surface area contributed by atoms with Gasteiger partial charge in [-0.05, 0) is 36.5 Å². The first-order valence-corrected chi connectivity index (χ1v) is 10.4. The third-order valence-electron chi connectivity index (χ3n) is 5.99. The fourth-order valence-electron chi connectivity index (χ4n) is 4.43. The fraction of sp³-hybridized carbons (Fsp3) is 0.417. The van der Waals surface area contributed by atoms with Crippen LogP contribution in [0.3, 0.4) is 0 Å². The summed E-state index contributed by atoms with van der Waals surface area (Å²) in [6, 6.07) is 15.8. The highest BCUT2D eigenvalue weighted by atomic mass is 19.1. The van der Waals surface area contributed by atoms with E-state index in [2.05, 4.69) is 0 Å². The smallest absolute Gasteiger partial charge is 0.410 e. The maximum absolute atomic E-state index is 13.8. The zero-order valence-electron chi connectivity index (χ0n) is 16.8. The molecule has 4 rings (SSSR count). The summed E-state index contributed by atoms with van der Waals surface area (Å²) in [4.78, 5) is 27.3. The number of Topliss-reactive ketones (excluding diaryl/α,β-unsaturated/α-hetero) is 1. The Kier molecular flexibility index (Phi) is 6.43. The molecule has 1 amide bonds. The number of ketones is 1. The molecule has 0 aliphatic carbocycles. The first kappa shape index (κ1) is 20.5. The molecule has 30 heavy (non-hydrogen) atoms. The van der Waals surface area contributed by atoms with Crippen LogP contribution in [-0.4, -0.2) is 42.1 Å². The van der Waals surface area contributed by atoms with Crippen LogP contribution in [0.4, 0.5) is 9.18 Å². The van der Waals surface area contributed by atoms with Crippen LogP contribution in [0.5, 0.6) is 0 Å². The number of rotatable bonds is 6. The molecule has 2 unspecified atom stereocenters. The van der Waals surface area contributed by atoms with Crippen LogP contribution in [0.1, 0.15) is 30.4 Å². The van der Waals surface area contributed by atoms with Crippen LogP contribution < -0.4 is 0 Å². The van der Waals surface area contributed by atoms with Gasteiger partial charge in [-0.1, -0.05) is 48.5 Å². The lowest BCUT2D eigenvalue weighted by atomic mass is 9.81. The molecule has 0 saturated carbocycles. The van der Waals surface area contributed by atoms with Gasteiger partial charge in [0.05, 0.1) is 25.3 Å². The molecule has 158 valence electrons. The normalized spacial score (nSPS) is 23.1. The lowest BCUT2D eigenvalue weighted by molar-refractivity contribution is -0.131. The lowest BCUT2D eigenvalue weighted by Gasteiger charge is -2.47. The number of hydrogen-bond donors (Lipinski definition) is 0. The second-order valence-electron chi connectivity index (χ2n) is 8.02. The minimum atomic E-state index is -0.352. The summed E-state index contributed by atoms with van der Waals surface area (Å²) in [5.74, 6) is -0.271. The van der Waals surface area contributed by atoms with Crippen LogP contribution in [0.15, 0.2) is 54.6 Å². The van der Waals surface area contributed by atoms with Gasteiger partial charge in [0.25, 0.3) is 0 Å². The molecule has 6 heteroatoms. The van der Waals surface area contributed by atoms with Gasteiger partial charge in [-0.25, -0.2) is 9.18 Å². The average molecular weight is 411 g/mol. The Bertz CT molecular complexity index is 874. The van der Waals surface area contributed by atoms with E-state index in [0.29, 0.717) is 44.5 Å². The van der Waals surface area contributed by atoms with Crippen molar-refractivity contribution in [3.05, 3.63) is 71.5 Å². The maximum atomic E-state index is 13.8. The summed E-state index contributed by atoms with van der Waals surface area (Å²) >= 11 is 0. The van der Waals surface area contributed by atoms with E-state index in [1.807, 2.05) is 30.3 Å². The summed E-state index contributed by atoms with van der Waals surface area (Å²) in [6.07, 6.45) is 1.48. The molecule has 0 N–H and O–H groups in total.